The Morgan fingerprint density at radius 2 is 1.93 bits per heavy atom. The van der Waals surface area contributed by atoms with E-state index < -0.39 is 5.97 Å². The van der Waals surface area contributed by atoms with Gasteiger partial charge in [-0.05, 0) is 49.7 Å². The molecule has 0 spiro atoms. The molecule has 0 saturated heterocycles. The third kappa shape index (κ3) is 4.25. The highest BCUT2D eigenvalue weighted by atomic mass is 16.4. The van der Waals surface area contributed by atoms with Crippen LogP contribution in [0.2, 0.25) is 0 Å². The highest BCUT2D eigenvalue weighted by molar-refractivity contribution is 5.90. The van der Waals surface area contributed by atoms with Gasteiger partial charge in [0.05, 0.1) is 23.7 Å². The Morgan fingerprint density at radius 3 is 2.59 bits per heavy atom. The molecule has 136 valence electrons. The summed E-state index contributed by atoms with van der Waals surface area (Å²) in [6.45, 7) is 4.66. The molecule has 1 heterocycles. The second-order valence-corrected chi connectivity index (χ2v) is 6.46. The van der Waals surface area contributed by atoms with Crippen molar-refractivity contribution in [3.8, 4) is 17.4 Å². The number of nitrogens with one attached hydrogen (secondary N) is 1. The van der Waals surface area contributed by atoms with Crippen LogP contribution in [0.4, 0.5) is 0 Å². The van der Waals surface area contributed by atoms with Gasteiger partial charge in [-0.15, -0.1) is 0 Å². The third-order valence-electron chi connectivity index (χ3n) is 4.47. The molecule has 0 fully saturated rings. The van der Waals surface area contributed by atoms with E-state index in [0.717, 1.165) is 0 Å². The number of hydrogen-bond donors (Lipinski definition) is 2. The summed E-state index contributed by atoms with van der Waals surface area (Å²) in [7, 11) is 0. The topological polar surface area (TPSA) is 86.3 Å². The molecule has 5 heteroatoms. The molecule has 0 saturated carbocycles. The number of rotatable bonds is 6. The summed E-state index contributed by atoms with van der Waals surface area (Å²) >= 11 is 0. The highest BCUT2D eigenvalue weighted by Gasteiger charge is 2.14. The van der Waals surface area contributed by atoms with Crippen molar-refractivity contribution in [2.75, 3.05) is 0 Å². The van der Waals surface area contributed by atoms with Gasteiger partial charge in [-0.1, -0.05) is 29.8 Å². The molecule has 27 heavy (non-hydrogen) atoms. The minimum Gasteiger partial charge on any atom is -0.478 e. The lowest BCUT2D eigenvalue weighted by Crippen LogP contribution is -2.17. The molecule has 0 amide bonds. The molecule has 1 atom stereocenters. The average Bonchev–Trinajstić information content (AvgIpc) is 3.15. The number of nitrogens with zero attached hydrogens (tertiary/aromatic N) is 1. The SMILES string of the molecule is Cc1ccc(C(C)NCc2ccc(-c3cc(C(=O)O)ccc3C#N)o2)cc1. The standard InChI is InChI=1S/C22H20N2O3/c1-14-3-5-16(6-4-14)15(2)24-13-19-9-10-21(27-19)20-11-17(22(25)26)7-8-18(20)12-23/h3-11,15,24H,13H2,1-2H3,(H,25,26). The van der Waals surface area contributed by atoms with E-state index in [0.29, 0.717) is 29.2 Å². The first-order valence-corrected chi connectivity index (χ1v) is 8.64. The molecule has 2 N–H and O–H groups in total. The second kappa shape index (κ2) is 7.90. The number of carboxylic acid groups (broad SMARTS) is 1. The van der Waals surface area contributed by atoms with Crippen molar-refractivity contribution < 1.29 is 14.3 Å². The molecule has 0 aliphatic rings. The second-order valence-electron chi connectivity index (χ2n) is 6.46. The van der Waals surface area contributed by atoms with Crippen LogP contribution in [0, 0.1) is 18.3 Å². The van der Waals surface area contributed by atoms with Gasteiger partial charge in [0.15, 0.2) is 0 Å². The Hall–Kier alpha value is -3.36. The lowest BCUT2D eigenvalue weighted by Gasteiger charge is -2.13. The van der Waals surface area contributed by atoms with Gasteiger partial charge < -0.3 is 14.8 Å². The number of aryl methyl sites for hydroxylation is 1. The number of carboxylic acids is 1. The Morgan fingerprint density at radius 1 is 1.19 bits per heavy atom. The van der Waals surface area contributed by atoms with Crippen LogP contribution in [0.3, 0.4) is 0 Å². The van der Waals surface area contributed by atoms with Crippen molar-refractivity contribution in [1.29, 1.82) is 5.26 Å². The van der Waals surface area contributed by atoms with E-state index in [2.05, 4.69) is 49.5 Å². The van der Waals surface area contributed by atoms with Crippen molar-refractivity contribution >= 4 is 5.97 Å². The number of aromatic carboxylic acids is 1. The molecule has 3 aromatic rings. The average molecular weight is 360 g/mol. The van der Waals surface area contributed by atoms with Crippen LogP contribution in [0.1, 0.15) is 45.8 Å². The Balaban J connectivity index is 1.75. The summed E-state index contributed by atoms with van der Waals surface area (Å²) in [6, 6.07) is 18.6. The smallest absolute Gasteiger partial charge is 0.335 e. The van der Waals surface area contributed by atoms with Gasteiger partial charge >= 0.3 is 5.97 Å². The molecular formula is C22H20N2O3. The molecule has 5 nitrogen and oxygen atoms in total. The van der Waals surface area contributed by atoms with Crippen LogP contribution in [0.15, 0.2) is 59.0 Å². The third-order valence-corrected chi connectivity index (χ3v) is 4.47. The normalized spacial score (nSPS) is 11.7. The quantitative estimate of drug-likeness (QED) is 0.667. The molecule has 1 unspecified atom stereocenters. The maximum absolute atomic E-state index is 11.2. The number of nitriles is 1. The molecule has 0 radical (unpaired) electrons. The number of hydrogen-bond acceptors (Lipinski definition) is 4. The minimum atomic E-state index is -1.04. The van der Waals surface area contributed by atoms with Crippen LogP contribution in [0.5, 0.6) is 0 Å². The number of benzene rings is 2. The zero-order valence-electron chi connectivity index (χ0n) is 15.2. The lowest BCUT2D eigenvalue weighted by atomic mass is 10.0. The highest BCUT2D eigenvalue weighted by Crippen LogP contribution is 2.27. The van der Waals surface area contributed by atoms with Gasteiger partial charge in [0, 0.05) is 11.6 Å². The van der Waals surface area contributed by atoms with E-state index in [1.54, 1.807) is 6.07 Å². The Labute approximate surface area is 157 Å². The van der Waals surface area contributed by atoms with Crippen LogP contribution >= 0.6 is 0 Å². The molecule has 0 aliphatic heterocycles. The van der Waals surface area contributed by atoms with Gasteiger partial charge in [-0.3, -0.25) is 0 Å². The zero-order valence-corrected chi connectivity index (χ0v) is 15.2. The molecule has 0 aliphatic carbocycles. The van der Waals surface area contributed by atoms with Crippen molar-refractivity contribution in [2.45, 2.75) is 26.4 Å². The summed E-state index contributed by atoms with van der Waals surface area (Å²) < 4.78 is 5.85. The first kappa shape index (κ1) is 18.4. The predicted molar refractivity (Wildman–Crippen MR) is 102 cm³/mol. The summed E-state index contributed by atoms with van der Waals surface area (Å²) in [6.07, 6.45) is 0. The van der Waals surface area contributed by atoms with Crippen molar-refractivity contribution in [2.24, 2.45) is 0 Å². The van der Waals surface area contributed by atoms with E-state index in [-0.39, 0.29) is 11.6 Å². The molecule has 1 aromatic heterocycles. The molecule has 0 bridgehead atoms. The van der Waals surface area contributed by atoms with E-state index >= 15 is 0 Å². The maximum atomic E-state index is 11.2. The Kier molecular flexibility index (Phi) is 5.39. The predicted octanol–water partition coefficient (Wildman–Crippen LogP) is 4.68. The summed E-state index contributed by atoms with van der Waals surface area (Å²) in [5.74, 6) is 0.157. The van der Waals surface area contributed by atoms with Crippen LogP contribution in [-0.2, 0) is 6.54 Å². The van der Waals surface area contributed by atoms with Crippen LogP contribution in [0.25, 0.3) is 11.3 Å². The van der Waals surface area contributed by atoms with E-state index in [1.807, 2.05) is 6.07 Å². The molecule has 3 rings (SSSR count). The van der Waals surface area contributed by atoms with Crippen molar-refractivity contribution in [3.05, 3.63) is 82.6 Å². The minimum absolute atomic E-state index is 0.119. The van der Waals surface area contributed by atoms with Crippen LogP contribution < -0.4 is 5.32 Å². The van der Waals surface area contributed by atoms with Crippen molar-refractivity contribution in [1.82, 2.24) is 5.32 Å². The summed E-state index contributed by atoms with van der Waals surface area (Å²) in [5.41, 5.74) is 3.39. The maximum Gasteiger partial charge on any atom is 0.335 e. The van der Waals surface area contributed by atoms with Gasteiger partial charge in [-0.2, -0.15) is 5.26 Å². The first-order chi connectivity index (χ1) is 13.0. The molecular weight excluding hydrogens is 340 g/mol. The number of carbonyl (C=O) groups is 1. The Bertz CT molecular complexity index is 997. The van der Waals surface area contributed by atoms with E-state index in [4.69, 9.17) is 4.42 Å². The fourth-order valence-electron chi connectivity index (χ4n) is 2.82. The fraction of sp³-hybridized carbons (Fsp3) is 0.182. The monoisotopic (exact) mass is 360 g/mol. The van der Waals surface area contributed by atoms with E-state index in [1.165, 1.54) is 29.3 Å². The van der Waals surface area contributed by atoms with Gasteiger partial charge in [0.25, 0.3) is 0 Å². The summed E-state index contributed by atoms with van der Waals surface area (Å²) in [4.78, 5) is 11.2. The molecule has 2 aromatic carbocycles. The summed E-state index contributed by atoms with van der Waals surface area (Å²) in [5, 5.41) is 21.9. The van der Waals surface area contributed by atoms with Gasteiger partial charge in [-0.25, -0.2) is 4.79 Å². The van der Waals surface area contributed by atoms with Crippen LogP contribution in [-0.4, -0.2) is 11.1 Å². The fourth-order valence-corrected chi connectivity index (χ4v) is 2.82. The largest absolute Gasteiger partial charge is 0.478 e. The lowest BCUT2D eigenvalue weighted by molar-refractivity contribution is 0.0697. The van der Waals surface area contributed by atoms with Crippen molar-refractivity contribution in [3.63, 3.8) is 0 Å². The zero-order chi connectivity index (χ0) is 19.4. The van der Waals surface area contributed by atoms with E-state index in [9.17, 15) is 15.2 Å². The number of furan rings is 1. The van der Waals surface area contributed by atoms with Gasteiger partial charge in [0.2, 0.25) is 0 Å². The van der Waals surface area contributed by atoms with Gasteiger partial charge in [0.1, 0.15) is 11.5 Å². The first-order valence-electron chi connectivity index (χ1n) is 8.64.